The fourth-order valence-corrected chi connectivity index (χ4v) is 15.2. The van der Waals surface area contributed by atoms with E-state index < -0.39 is 24.8 Å². The molecule has 0 spiro atoms. The number of sulfonamides is 2. The van der Waals surface area contributed by atoms with Crippen molar-refractivity contribution in [3.63, 3.8) is 0 Å². The first kappa shape index (κ1) is 43.6. The van der Waals surface area contributed by atoms with E-state index in [4.69, 9.17) is 18.9 Å². The third-order valence-electron chi connectivity index (χ3n) is 16.1. The molecule has 2 saturated heterocycles. The first-order valence-corrected chi connectivity index (χ1v) is 27.3. The highest BCUT2D eigenvalue weighted by Crippen LogP contribution is 2.45. The molecule has 2 N–H and O–H groups in total. The molecule has 0 radical (unpaired) electrons. The zero-order valence-electron chi connectivity index (χ0n) is 36.8. The Morgan fingerprint density at radius 3 is 1.97 bits per heavy atom. The summed E-state index contributed by atoms with van der Waals surface area (Å²) in [6.45, 7) is 6.86. The van der Waals surface area contributed by atoms with Crippen LogP contribution in [0.2, 0.25) is 0 Å². The summed E-state index contributed by atoms with van der Waals surface area (Å²) in [4.78, 5) is 4.84. The maximum atomic E-state index is 14.0. The van der Waals surface area contributed by atoms with Crippen molar-refractivity contribution in [3.8, 4) is 11.5 Å². The van der Waals surface area contributed by atoms with Crippen LogP contribution in [0.15, 0.2) is 42.5 Å². The minimum absolute atomic E-state index is 0.0414. The zero-order chi connectivity index (χ0) is 42.5. The molecule has 342 valence electrons. The molecule has 12 rings (SSSR count). The Morgan fingerprint density at radius 2 is 1.29 bits per heavy atom. The third-order valence-corrected chi connectivity index (χ3v) is 20.0. The summed E-state index contributed by atoms with van der Waals surface area (Å²) in [5, 5.41) is 0. The Bertz CT molecular complexity index is 2100. The van der Waals surface area contributed by atoms with E-state index in [1.165, 1.54) is 16.7 Å². The number of para-hydroxylation sites is 1. The number of hydrogen-bond donors (Lipinski definition) is 2. The predicted octanol–water partition coefficient (Wildman–Crippen LogP) is 6.42. The second-order valence-electron chi connectivity index (χ2n) is 20.5. The third kappa shape index (κ3) is 9.78. The number of nitrogens with one attached hydrogen (secondary N) is 2. The largest absolute Gasteiger partial charge is 0.492 e. The van der Waals surface area contributed by atoms with Gasteiger partial charge in [0.25, 0.3) is 0 Å². The summed E-state index contributed by atoms with van der Waals surface area (Å²) in [6.07, 6.45) is 14.2. The quantitative estimate of drug-likeness (QED) is 0.306. The molecule has 4 bridgehead atoms. The lowest BCUT2D eigenvalue weighted by Crippen LogP contribution is -2.60. The zero-order valence-corrected chi connectivity index (χ0v) is 38.4. The summed E-state index contributed by atoms with van der Waals surface area (Å²) < 4.78 is 87.1. The van der Waals surface area contributed by atoms with E-state index in [9.17, 15) is 16.8 Å². The van der Waals surface area contributed by atoms with E-state index in [0.717, 1.165) is 102 Å². The number of piperidine rings is 2. The van der Waals surface area contributed by atoms with Crippen LogP contribution in [0.1, 0.15) is 138 Å². The van der Waals surface area contributed by atoms with Gasteiger partial charge in [0.2, 0.25) is 20.0 Å². The van der Waals surface area contributed by atoms with Crippen LogP contribution < -0.4 is 18.9 Å². The summed E-state index contributed by atoms with van der Waals surface area (Å²) in [5.41, 5.74) is 3.71. The normalized spacial score (nSPS) is 34.7. The monoisotopic (exact) mass is 894 g/mol. The van der Waals surface area contributed by atoms with Gasteiger partial charge in [0.05, 0.1) is 35.9 Å². The van der Waals surface area contributed by atoms with E-state index >= 15 is 0 Å². The highest BCUT2D eigenvalue weighted by Gasteiger charge is 2.52. The Morgan fingerprint density at radius 1 is 0.661 bits per heavy atom. The first-order valence-electron chi connectivity index (χ1n) is 24.2. The second-order valence-corrected chi connectivity index (χ2v) is 24.5. The highest BCUT2D eigenvalue weighted by molar-refractivity contribution is 7.91. The second kappa shape index (κ2) is 18.2. The smallest absolute Gasteiger partial charge is 0.217 e. The average molecular weight is 895 g/mol. The van der Waals surface area contributed by atoms with Crippen LogP contribution in [0.4, 0.5) is 0 Å². The van der Waals surface area contributed by atoms with Gasteiger partial charge in [-0.1, -0.05) is 30.3 Å². The summed E-state index contributed by atoms with van der Waals surface area (Å²) in [7, 11) is -6.93. The molecular weight excluding hydrogens is 825 g/mol. The Balaban J connectivity index is 0.917. The summed E-state index contributed by atoms with van der Waals surface area (Å²) in [6, 6.07) is 14.7. The molecule has 6 heterocycles. The fraction of sp³-hybridized carbons (Fsp3) is 0.750. The van der Waals surface area contributed by atoms with Crippen LogP contribution in [-0.4, -0.2) is 126 Å². The molecule has 6 aliphatic heterocycles. The summed E-state index contributed by atoms with van der Waals surface area (Å²) in [5.74, 6) is 3.30. The Hall–Kier alpha value is -2.30. The van der Waals surface area contributed by atoms with Gasteiger partial charge in [-0.3, -0.25) is 9.80 Å². The molecule has 4 unspecified atom stereocenters. The number of nitrogens with zero attached hydrogens (tertiary/aromatic N) is 2. The molecule has 14 heteroatoms. The number of ether oxygens (including phenoxy) is 4. The van der Waals surface area contributed by atoms with E-state index in [2.05, 4.69) is 61.7 Å². The maximum Gasteiger partial charge on any atom is 0.217 e. The van der Waals surface area contributed by atoms with Crippen molar-refractivity contribution in [3.05, 3.63) is 59.2 Å². The number of benzene rings is 2. The van der Waals surface area contributed by atoms with E-state index in [1.54, 1.807) is 0 Å². The molecule has 4 aliphatic carbocycles. The van der Waals surface area contributed by atoms with Crippen molar-refractivity contribution in [2.24, 2.45) is 5.92 Å². The van der Waals surface area contributed by atoms with Crippen LogP contribution in [-0.2, 0) is 29.5 Å². The van der Waals surface area contributed by atoms with Crippen LogP contribution in [0, 0.1) is 5.92 Å². The molecule has 10 aliphatic rings. The van der Waals surface area contributed by atoms with Gasteiger partial charge in [-0.05, 0) is 162 Å². The number of rotatable bonds is 8. The molecule has 62 heavy (non-hydrogen) atoms. The van der Waals surface area contributed by atoms with Gasteiger partial charge in [-0.15, -0.1) is 0 Å². The minimum Gasteiger partial charge on any atom is -0.492 e. The molecule has 5 atom stereocenters. The SMILES string of the molecule is CC1(S(=O)(=O)NC2CC(c3ccc4c(c3)OCCN3CCCC(NS(=O)(=O)CC5CC5)C3COC3CCC4CC3)CN3CCOc4ccccc4C4CCC(CC4)OC[C@@H]23)CC1. The minimum atomic E-state index is -3.56. The molecule has 4 saturated carbocycles. The van der Waals surface area contributed by atoms with E-state index in [-0.39, 0.29) is 48.0 Å². The lowest BCUT2D eigenvalue weighted by atomic mass is 9.80. The Labute approximate surface area is 370 Å². The average Bonchev–Trinajstić information content (AvgIpc) is 4.21. The van der Waals surface area contributed by atoms with Crippen molar-refractivity contribution in [2.45, 2.75) is 162 Å². The van der Waals surface area contributed by atoms with Gasteiger partial charge in [0, 0.05) is 43.8 Å². The molecule has 2 aromatic carbocycles. The van der Waals surface area contributed by atoms with Crippen molar-refractivity contribution in [2.75, 3.05) is 58.4 Å². The lowest BCUT2D eigenvalue weighted by molar-refractivity contribution is -0.0315. The van der Waals surface area contributed by atoms with E-state index in [0.29, 0.717) is 76.5 Å². The van der Waals surface area contributed by atoms with Gasteiger partial charge in [0.15, 0.2) is 0 Å². The van der Waals surface area contributed by atoms with Gasteiger partial charge in [0.1, 0.15) is 24.7 Å². The van der Waals surface area contributed by atoms with Crippen molar-refractivity contribution < 1.29 is 35.8 Å². The van der Waals surface area contributed by atoms with Crippen LogP contribution in [0.25, 0.3) is 0 Å². The topological polar surface area (TPSA) is 136 Å². The molecule has 0 aromatic heterocycles. The maximum absolute atomic E-state index is 14.0. The van der Waals surface area contributed by atoms with Crippen LogP contribution in [0.3, 0.4) is 0 Å². The lowest BCUT2D eigenvalue weighted by Gasteiger charge is -2.45. The Kier molecular flexibility index (Phi) is 12.8. The first-order chi connectivity index (χ1) is 30.0. The molecule has 12 nitrogen and oxygen atoms in total. The van der Waals surface area contributed by atoms with Crippen molar-refractivity contribution in [1.29, 1.82) is 0 Å². The van der Waals surface area contributed by atoms with Gasteiger partial charge < -0.3 is 18.9 Å². The van der Waals surface area contributed by atoms with E-state index in [1.807, 2.05) is 6.92 Å². The summed E-state index contributed by atoms with van der Waals surface area (Å²) >= 11 is 0. The van der Waals surface area contributed by atoms with Crippen LogP contribution >= 0.6 is 0 Å². The van der Waals surface area contributed by atoms with Crippen LogP contribution in [0.5, 0.6) is 11.5 Å². The van der Waals surface area contributed by atoms with Crippen molar-refractivity contribution in [1.82, 2.24) is 19.2 Å². The molecule has 0 amide bonds. The number of hydrogen-bond acceptors (Lipinski definition) is 10. The molecular formula is C48H70N4O8S2. The highest BCUT2D eigenvalue weighted by atomic mass is 32.2. The van der Waals surface area contributed by atoms with Crippen molar-refractivity contribution >= 4 is 20.0 Å². The molecule has 6 fully saturated rings. The molecule has 2 aromatic rings. The standard InChI is InChI=1S/C48H70N4O8S2/c1-48(20-21-48)62(55,56)50-43-27-37(29-52-24-26-57-46-7-3-2-5-40(46)34-10-15-39(16-11-34)60-31-45(43)52)36-14-19-41-35-12-17-38(18-13-35)59-30-44-42(49-61(53,54)32-33-8-9-33)6-4-22-51(44)23-25-58-47(41)28-36/h2-3,5,7,14,19,28,33-35,37-39,42-45,49-50H,4,6,8-13,15-18,20-27,29-32H2,1H3/t34?,35?,37?,38?,39?,42?,43?,44?,45-/m0/s1. The van der Waals surface area contributed by atoms with Gasteiger partial charge in [-0.2, -0.15) is 0 Å². The predicted molar refractivity (Wildman–Crippen MR) is 240 cm³/mol. The fourth-order valence-electron chi connectivity index (χ4n) is 11.8. The van der Waals surface area contributed by atoms with Gasteiger partial charge in [-0.25, -0.2) is 26.3 Å². The number of fused-ring (bicyclic) bond motifs is 10. The van der Waals surface area contributed by atoms with Gasteiger partial charge >= 0.3 is 0 Å².